The zero-order valence-corrected chi connectivity index (χ0v) is 12.3. The van der Waals surface area contributed by atoms with Crippen molar-refractivity contribution in [1.82, 2.24) is 4.98 Å². The Kier molecular flexibility index (Phi) is 3.73. The average molecular weight is 315 g/mol. The lowest BCUT2D eigenvalue weighted by Gasteiger charge is -2.02. The minimum absolute atomic E-state index is 0.154. The highest BCUT2D eigenvalue weighted by Gasteiger charge is 2.09. The summed E-state index contributed by atoms with van der Waals surface area (Å²) in [5.41, 5.74) is 2.71. The predicted octanol–water partition coefficient (Wildman–Crippen LogP) is 3.49. The molecule has 0 bridgehead atoms. The molecule has 0 aliphatic heterocycles. The number of benzene rings is 2. The van der Waals surface area contributed by atoms with Crippen LogP contribution in [0.2, 0.25) is 5.02 Å². The number of carbonyl (C=O) groups is 1. The third kappa shape index (κ3) is 2.82. The molecule has 0 saturated carbocycles. The second-order valence-corrected chi connectivity index (χ2v) is 5.65. The number of aromatic nitrogens is 1. The van der Waals surface area contributed by atoms with E-state index in [2.05, 4.69) is 4.98 Å². The number of aromatic carboxylic acids is 1. The van der Waals surface area contributed by atoms with Gasteiger partial charge in [0.2, 0.25) is 0 Å². The number of carboxylic acids is 1. The van der Waals surface area contributed by atoms with Crippen molar-refractivity contribution in [3.63, 3.8) is 0 Å². The van der Waals surface area contributed by atoms with Crippen LogP contribution in [0.25, 0.3) is 21.8 Å². The molecule has 0 spiro atoms. The van der Waals surface area contributed by atoms with Crippen molar-refractivity contribution >= 4 is 28.9 Å². The van der Waals surface area contributed by atoms with E-state index in [1.807, 2.05) is 29.6 Å². The Morgan fingerprint density at radius 3 is 2.48 bits per heavy atom. The van der Waals surface area contributed by atoms with Gasteiger partial charge >= 0.3 is 0 Å². The lowest BCUT2D eigenvalue weighted by Crippen LogP contribution is -2.21. The van der Waals surface area contributed by atoms with Gasteiger partial charge in [0.05, 0.1) is 11.7 Å². The molecule has 0 atom stereocenters. The van der Waals surface area contributed by atoms with Crippen molar-refractivity contribution in [2.75, 3.05) is 0 Å². The van der Waals surface area contributed by atoms with E-state index in [0.717, 1.165) is 21.8 Å². The van der Waals surface area contributed by atoms with Crippen LogP contribution in [0.1, 0.15) is 10.4 Å². The Morgan fingerprint density at radius 2 is 1.81 bits per heavy atom. The van der Waals surface area contributed by atoms with Gasteiger partial charge in [0.1, 0.15) is 5.01 Å². The molecule has 0 fully saturated rings. The molecule has 0 aliphatic rings. The zero-order chi connectivity index (χ0) is 14.8. The van der Waals surface area contributed by atoms with Crippen LogP contribution in [0.5, 0.6) is 0 Å². The number of hydrogen-bond acceptors (Lipinski definition) is 4. The summed E-state index contributed by atoms with van der Waals surface area (Å²) in [6.07, 6.45) is 0. The molecule has 1 aromatic heterocycles. The second kappa shape index (κ2) is 5.68. The molecule has 3 rings (SSSR count). The Hall–Kier alpha value is -2.17. The summed E-state index contributed by atoms with van der Waals surface area (Å²) in [7, 11) is 0. The highest BCUT2D eigenvalue weighted by Crippen LogP contribution is 2.32. The number of thiazole rings is 1. The number of halogens is 1. The van der Waals surface area contributed by atoms with E-state index in [0.29, 0.717) is 5.02 Å². The summed E-state index contributed by atoms with van der Waals surface area (Å²) < 4.78 is 0. The van der Waals surface area contributed by atoms with Gasteiger partial charge in [0.15, 0.2) is 0 Å². The minimum atomic E-state index is -1.18. The molecule has 21 heavy (non-hydrogen) atoms. The van der Waals surface area contributed by atoms with Gasteiger partial charge in [-0.3, -0.25) is 0 Å². The van der Waals surface area contributed by atoms with Gasteiger partial charge in [-0.2, -0.15) is 0 Å². The van der Waals surface area contributed by atoms with Crippen LogP contribution in [0, 0.1) is 0 Å². The molecular weight excluding hydrogens is 306 g/mol. The Bertz CT molecular complexity index is 796. The molecule has 0 saturated heterocycles. The molecule has 0 amide bonds. The first kappa shape index (κ1) is 13.8. The predicted molar refractivity (Wildman–Crippen MR) is 82.3 cm³/mol. The summed E-state index contributed by atoms with van der Waals surface area (Å²) in [5.74, 6) is -1.18. The van der Waals surface area contributed by atoms with Crippen molar-refractivity contribution < 1.29 is 9.90 Å². The van der Waals surface area contributed by atoms with E-state index in [-0.39, 0.29) is 5.56 Å². The largest absolute Gasteiger partial charge is 0.545 e. The summed E-state index contributed by atoms with van der Waals surface area (Å²) in [6.45, 7) is 0. The monoisotopic (exact) mass is 314 g/mol. The van der Waals surface area contributed by atoms with E-state index in [9.17, 15) is 9.90 Å². The van der Waals surface area contributed by atoms with E-state index < -0.39 is 5.97 Å². The van der Waals surface area contributed by atoms with Gasteiger partial charge in [0, 0.05) is 21.5 Å². The van der Waals surface area contributed by atoms with Gasteiger partial charge in [-0.15, -0.1) is 11.3 Å². The van der Waals surface area contributed by atoms with Crippen LogP contribution in [0.3, 0.4) is 0 Å². The van der Waals surface area contributed by atoms with Crippen molar-refractivity contribution in [3.8, 4) is 21.8 Å². The SMILES string of the molecule is O=C([O-])c1ccc(-c2nc(-c3ccccc3Cl)cs2)cc1. The molecule has 5 heteroatoms. The van der Waals surface area contributed by atoms with Crippen molar-refractivity contribution in [2.45, 2.75) is 0 Å². The lowest BCUT2D eigenvalue weighted by molar-refractivity contribution is -0.255. The molecular formula is C16H9ClNO2S-. The third-order valence-electron chi connectivity index (χ3n) is 3.02. The molecule has 1 heterocycles. The van der Waals surface area contributed by atoms with Crippen LogP contribution in [0.4, 0.5) is 0 Å². The number of hydrogen-bond donors (Lipinski definition) is 0. The van der Waals surface area contributed by atoms with Gasteiger partial charge < -0.3 is 9.90 Å². The molecule has 0 unspecified atom stereocenters. The number of rotatable bonds is 3. The van der Waals surface area contributed by atoms with Crippen molar-refractivity contribution in [1.29, 1.82) is 0 Å². The summed E-state index contributed by atoms with van der Waals surface area (Å²) in [6, 6.07) is 14.0. The quantitative estimate of drug-likeness (QED) is 0.743. The fraction of sp³-hybridized carbons (Fsp3) is 0. The van der Waals surface area contributed by atoms with E-state index in [1.165, 1.54) is 23.5 Å². The molecule has 0 N–H and O–H groups in total. The van der Waals surface area contributed by atoms with E-state index in [4.69, 9.17) is 11.6 Å². The summed E-state index contributed by atoms with van der Waals surface area (Å²) >= 11 is 7.65. The summed E-state index contributed by atoms with van der Waals surface area (Å²) in [5, 5.41) is 14.1. The molecule has 0 aliphatic carbocycles. The second-order valence-electron chi connectivity index (χ2n) is 4.38. The average Bonchev–Trinajstić information content (AvgIpc) is 2.97. The lowest BCUT2D eigenvalue weighted by atomic mass is 10.1. The standard InChI is InChI=1S/C16H10ClNO2S/c17-13-4-2-1-3-12(13)14-9-21-15(18-14)10-5-7-11(8-6-10)16(19)20/h1-9H,(H,19,20)/p-1. The van der Waals surface area contributed by atoms with Gasteiger partial charge in [-0.1, -0.05) is 54.1 Å². The van der Waals surface area contributed by atoms with Crippen molar-refractivity contribution in [2.24, 2.45) is 0 Å². The normalized spacial score (nSPS) is 10.5. The number of nitrogens with zero attached hydrogens (tertiary/aromatic N) is 1. The smallest absolute Gasteiger partial charge is 0.124 e. The van der Waals surface area contributed by atoms with Crippen LogP contribution < -0.4 is 5.11 Å². The van der Waals surface area contributed by atoms with Crippen LogP contribution in [-0.2, 0) is 0 Å². The highest BCUT2D eigenvalue weighted by molar-refractivity contribution is 7.13. The third-order valence-corrected chi connectivity index (χ3v) is 4.24. The maximum absolute atomic E-state index is 10.7. The Labute approximate surface area is 130 Å². The fourth-order valence-corrected chi connectivity index (χ4v) is 3.01. The minimum Gasteiger partial charge on any atom is -0.545 e. The first-order chi connectivity index (χ1) is 10.1. The molecule has 2 aromatic carbocycles. The first-order valence-corrected chi connectivity index (χ1v) is 7.43. The van der Waals surface area contributed by atoms with Gasteiger partial charge in [-0.05, 0) is 11.6 Å². The molecule has 0 radical (unpaired) electrons. The maximum atomic E-state index is 10.7. The Balaban J connectivity index is 1.95. The molecule has 104 valence electrons. The van der Waals surface area contributed by atoms with Gasteiger partial charge in [-0.25, -0.2) is 4.98 Å². The summed E-state index contributed by atoms with van der Waals surface area (Å²) in [4.78, 5) is 15.3. The highest BCUT2D eigenvalue weighted by atomic mass is 35.5. The van der Waals surface area contributed by atoms with Gasteiger partial charge in [0.25, 0.3) is 0 Å². The van der Waals surface area contributed by atoms with Crippen LogP contribution in [0.15, 0.2) is 53.9 Å². The van der Waals surface area contributed by atoms with E-state index in [1.54, 1.807) is 12.1 Å². The van der Waals surface area contributed by atoms with Crippen molar-refractivity contribution in [3.05, 3.63) is 64.5 Å². The Morgan fingerprint density at radius 1 is 1.10 bits per heavy atom. The van der Waals surface area contributed by atoms with Crippen LogP contribution >= 0.6 is 22.9 Å². The maximum Gasteiger partial charge on any atom is 0.124 e. The topological polar surface area (TPSA) is 53.0 Å². The first-order valence-electron chi connectivity index (χ1n) is 6.17. The molecule has 3 nitrogen and oxygen atoms in total. The molecule has 3 aromatic rings. The van der Waals surface area contributed by atoms with Crippen LogP contribution in [-0.4, -0.2) is 11.0 Å². The zero-order valence-electron chi connectivity index (χ0n) is 10.7. The fourth-order valence-electron chi connectivity index (χ4n) is 1.95. The number of carboxylic acid groups (broad SMARTS) is 1. The number of carbonyl (C=O) groups excluding carboxylic acids is 1. The van der Waals surface area contributed by atoms with E-state index >= 15 is 0 Å².